The molecule has 0 bridgehead atoms. The summed E-state index contributed by atoms with van der Waals surface area (Å²) in [5.41, 5.74) is 0. The highest BCUT2D eigenvalue weighted by molar-refractivity contribution is 5.71. The molecule has 0 N–H and O–H groups in total. The lowest BCUT2D eigenvalue weighted by Gasteiger charge is -2.18. The van der Waals surface area contributed by atoms with Crippen molar-refractivity contribution >= 4 is 17.9 Å². The highest BCUT2D eigenvalue weighted by Gasteiger charge is 2.19. The van der Waals surface area contributed by atoms with E-state index in [4.69, 9.17) is 14.2 Å². The largest absolute Gasteiger partial charge is 0.462 e. The van der Waals surface area contributed by atoms with Crippen LogP contribution in [0, 0.1) is 0 Å². The van der Waals surface area contributed by atoms with Gasteiger partial charge in [0.1, 0.15) is 13.2 Å². The van der Waals surface area contributed by atoms with E-state index in [1.807, 2.05) is 6.08 Å². The maximum atomic E-state index is 12.9. The van der Waals surface area contributed by atoms with Crippen molar-refractivity contribution in [1.82, 2.24) is 0 Å². The van der Waals surface area contributed by atoms with E-state index in [-0.39, 0.29) is 37.5 Å². The smallest absolute Gasteiger partial charge is 0.306 e. The Morgan fingerprint density at radius 2 is 0.507 bits per heavy atom. The zero-order valence-corrected chi connectivity index (χ0v) is 49.8. The van der Waals surface area contributed by atoms with E-state index in [0.29, 0.717) is 19.3 Å². The summed E-state index contributed by atoms with van der Waals surface area (Å²) in [5.74, 6) is -0.967. The lowest BCUT2D eigenvalue weighted by Crippen LogP contribution is -2.30. The summed E-state index contributed by atoms with van der Waals surface area (Å²) in [7, 11) is 0. The summed E-state index contributed by atoms with van der Waals surface area (Å²) in [6.45, 7) is 6.59. The maximum Gasteiger partial charge on any atom is 0.306 e. The van der Waals surface area contributed by atoms with Crippen LogP contribution in [0.25, 0.3) is 0 Å². The highest BCUT2D eigenvalue weighted by Crippen LogP contribution is 2.17. The van der Waals surface area contributed by atoms with Crippen LogP contribution >= 0.6 is 0 Å². The topological polar surface area (TPSA) is 78.9 Å². The Morgan fingerprint density at radius 1 is 0.267 bits per heavy atom. The summed E-state index contributed by atoms with van der Waals surface area (Å²) in [6, 6.07) is 0. The van der Waals surface area contributed by atoms with Crippen molar-refractivity contribution in [2.75, 3.05) is 13.2 Å². The van der Waals surface area contributed by atoms with Crippen molar-refractivity contribution in [3.63, 3.8) is 0 Å². The van der Waals surface area contributed by atoms with Crippen LogP contribution in [0.15, 0.2) is 72.9 Å². The average Bonchev–Trinajstić information content (AvgIpc) is 3.41. The molecule has 0 fully saturated rings. The molecule has 0 rings (SSSR count). The lowest BCUT2D eigenvalue weighted by molar-refractivity contribution is -0.166. The molecule has 0 aliphatic carbocycles. The van der Waals surface area contributed by atoms with Crippen molar-refractivity contribution in [2.24, 2.45) is 0 Å². The molecular weight excluding hydrogens is 925 g/mol. The average molecular weight is 1050 g/mol. The monoisotopic (exact) mass is 1050 g/mol. The zero-order chi connectivity index (χ0) is 54.3. The molecule has 6 nitrogen and oxygen atoms in total. The predicted molar refractivity (Wildman–Crippen MR) is 325 cm³/mol. The van der Waals surface area contributed by atoms with Crippen LogP contribution in [0.1, 0.15) is 329 Å². The molecule has 1 atom stereocenters. The first-order valence-electron chi connectivity index (χ1n) is 32.4. The molecule has 0 saturated heterocycles. The quantitative estimate of drug-likeness (QED) is 0.0261. The molecular formula is C69H122O6. The Bertz CT molecular complexity index is 1390. The molecule has 0 aromatic rings. The molecule has 75 heavy (non-hydrogen) atoms. The van der Waals surface area contributed by atoms with Gasteiger partial charge in [0.25, 0.3) is 0 Å². The minimum absolute atomic E-state index is 0.0963. The van der Waals surface area contributed by atoms with Gasteiger partial charge in [0.05, 0.1) is 0 Å². The maximum absolute atomic E-state index is 12.9. The molecule has 0 radical (unpaired) electrons. The number of hydrogen-bond donors (Lipinski definition) is 0. The first-order chi connectivity index (χ1) is 37.0. The summed E-state index contributed by atoms with van der Waals surface area (Å²) < 4.78 is 16.9. The Balaban J connectivity index is 4.45. The molecule has 0 aliphatic rings. The van der Waals surface area contributed by atoms with Crippen LogP contribution in [-0.4, -0.2) is 37.2 Å². The van der Waals surface area contributed by atoms with E-state index in [2.05, 4.69) is 87.6 Å². The SMILES string of the molecule is CCCCC/C=C\C/C=C\C/C=C\C/C=C\C/C=C\CCC(=O)OC[C@H](COC(=O)CCCCCCCCCCC/C=C\CCCCCCCC)OC(=O)CCCCCCCCCCCCCCCCCCCCC. The molecule has 0 amide bonds. The van der Waals surface area contributed by atoms with Gasteiger partial charge in [0, 0.05) is 19.3 Å². The van der Waals surface area contributed by atoms with Gasteiger partial charge >= 0.3 is 17.9 Å². The minimum atomic E-state index is -0.806. The Hall–Kier alpha value is -3.15. The number of unbranched alkanes of at least 4 members (excludes halogenated alkanes) is 36. The van der Waals surface area contributed by atoms with Crippen LogP contribution in [0.4, 0.5) is 0 Å². The van der Waals surface area contributed by atoms with E-state index in [9.17, 15) is 14.4 Å². The van der Waals surface area contributed by atoms with Gasteiger partial charge in [-0.1, -0.05) is 299 Å². The molecule has 0 aromatic heterocycles. The predicted octanol–water partition coefficient (Wildman–Crippen LogP) is 22.1. The van der Waals surface area contributed by atoms with Crippen molar-refractivity contribution in [1.29, 1.82) is 0 Å². The van der Waals surface area contributed by atoms with Gasteiger partial charge in [0.15, 0.2) is 6.10 Å². The fourth-order valence-electron chi connectivity index (χ4n) is 9.31. The molecule has 0 aliphatic heterocycles. The van der Waals surface area contributed by atoms with E-state index in [1.54, 1.807) is 0 Å². The zero-order valence-electron chi connectivity index (χ0n) is 49.8. The van der Waals surface area contributed by atoms with Crippen LogP contribution in [-0.2, 0) is 28.6 Å². The fraction of sp³-hybridized carbons (Fsp3) is 0.783. The van der Waals surface area contributed by atoms with Gasteiger partial charge in [0.2, 0.25) is 0 Å². The fourth-order valence-corrected chi connectivity index (χ4v) is 9.31. The molecule has 0 aromatic carbocycles. The second-order valence-electron chi connectivity index (χ2n) is 21.7. The van der Waals surface area contributed by atoms with Crippen molar-refractivity contribution in [3.8, 4) is 0 Å². The van der Waals surface area contributed by atoms with Gasteiger partial charge in [-0.25, -0.2) is 0 Å². The number of rotatable bonds is 59. The molecule has 0 unspecified atom stereocenters. The van der Waals surface area contributed by atoms with Gasteiger partial charge < -0.3 is 14.2 Å². The number of allylic oxidation sites excluding steroid dienone is 12. The van der Waals surface area contributed by atoms with Crippen LogP contribution in [0.2, 0.25) is 0 Å². The Kier molecular flexibility index (Phi) is 60.7. The molecule has 6 heteroatoms. The van der Waals surface area contributed by atoms with Crippen molar-refractivity contribution in [2.45, 2.75) is 335 Å². The summed E-state index contributed by atoms with van der Waals surface area (Å²) in [6.07, 6.45) is 82.0. The Morgan fingerprint density at radius 3 is 0.867 bits per heavy atom. The number of esters is 3. The van der Waals surface area contributed by atoms with E-state index < -0.39 is 6.10 Å². The summed E-state index contributed by atoms with van der Waals surface area (Å²) in [4.78, 5) is 38.3. The van der Waals surface area contributed by atoms with Crippen LogP contribution in [0.5, 0.6) is 0 Å². The van der Waals surface area contributed by atoms with Crippen LogP contribution < -0.4 is 0 Å². The van der Waals surface area contributed by atoms with Crippen molar-refractivity contribution < 1.29 is 28.6 Å². The molecule has 0 saturated carbocycles. The summed E-state index contributed by atoms with van der Waals surface area (Å²) >= 11 is 0. The van der Waals surface area contributed by atoms with Gasteiger partial charge in [-0.05, 0) is 83.5 Å². The third-order valence-corrected chi connectivity index (χ3v) is 14.2. The molecule has 0 heterocycles. The number of carbonyl (C=O) groups excluding carboxylic acids is 3. The first kappa shape index (κ1) is 71.8. The lowest BCUT2D eigenvalue weighted by atomic mass is 10.0. The highest BCUT2D eigenvalue weighted by atomic mass is 16.6. The van der Waals surface area contributed by atoms with Crippen molar-refractivity contribution in [3.05, 3.63) is 72.9 Å². The Labute approximate surface area is 465 Å². The third-order valence-electron chi connectivity index (χ3n) is 14.2. The van der Waals surface area contributed by atoms with Gasteiger partial charge in [-0.2, -0.15) is 0 Å². The van der Waals surface area contributed by atoms with Gasteiger partial charge in [-0.15, -0.1) is 0 Å². The normalized spacial score (nSPS) is 12.5. The number of carbonyl (C=O) groups is 3. The molecule has 0 spiro atoms. The second-order valence-corrected chi connectivity index (χ2v) is 21.7. The first-order valence-corrected chi connectivity index (χ1v) is 32.4. The van der Waals surface area contributed by atoms with E-state index >= 15 is 0 Å². The summed E-state index contributed by atoms with van der Waals surface area (Å²) in [5, 5.41) is 0. The third kappa shape index (κ3) is 61.6. The minimum Gasteiger partial charge on any atom is -0.462 e. The van der Waals surface area contributed by atoms with Crippen LogP contribution in [0.3, 0.4) is 0 Å². The number of hydrogen-bond acceptors (Lipinski definition) is 6. The number of ether oxygens (including phenoxy) is 3. The second kappa shape index (κ2) is 63.4. The van der Waals surface area contributed by atoms with E-state index in [0.717, 1.165) is 64.2 Å². The molecule has 434 valence electrons. The standard InChI is InChI=1S/C69H122O6/c1-4-7-10-13-16-19-22-25-28-31-34-37-40-43-46-49-52-55-58-61-67(70)73-64-66(75-69(72)63-60-57-54-51-48-45-42-39-36-33-30-27-24-21-18-15-12-9-6-3)65-74-68(71)62-59-56-53-50-47-44-41-38-35-32-29-26-23-20-17-14-11-8-5-2/h16,19,25-26,28-29,34,37,43,46,52,55,66H,4-15,17-18,20-24,27,30-33,35-36,38-42,44-45,47-51,53-54,56-65H2,1-3H3/b19-16-,28-25-,29-26-,37-34-,46-43-,55-52-/t66-/m1/s1. The van der Waals surface area contributed by atoms with Gasteiger partial charge in [-0.3, -0.25) is 14.4 Å². The van der Waals surface area contributed by atoms with E-state index in [1.165, 1.54) is 218 Å².